The van der Waals surface area contributed by atoms with Crippen LogP contribution in [0.2, 0.25) is 6.82 Å². The molecule has 0 heterocycles. The molecule has 0 aromatic heterocycles. The Balaban J connectivity index is 2.75. The number of rotatable bonds is 2. The van der Waals surface area contributed by atoms with Crippen molar-refractivity contribution < 1.29 is 0 Å². The monoisotopic (exact) mass is 170 g/mol. The molecule has 0 nitrogen and oxygen atoms in total. The molecular weight excluding hydrogens is 161 g/mol. The van der Waals surface area contributed by atoms with Crippen LogP contribution < -0.4 is 5.46 Å². The van der Waals surface area contributed by atoms with Crippen molar-refractivity contribution in [3.05, 3.63) is 30.3 Å². The fraction of sp³-hybridized carbons (Fsp3) is 0.143. The molecule has 0 bridgehead atoms. The van der Waals surface area contributed by atoms with Gasteiger partial charge in [0.2, 0.25) is 6.43 Å². The van der Waals surface area contributed by atoms with Gasteiger partial charge in [0.15, 0.2) is 0 Å². The van der Waals surface area contributed by atoms with Gasteiger partial charge in [-0.05, 0) is 0 Å². The number of halogens is 1. The van der Waals surface area contributed by atoms with Crippen LogP contribution in [0.1, 0.15) is 0 Å². The predicted octanol–water partition coefficient (Wildman–Crippen LogP) is 2.35. The Morgan fingerprint density at radius 2 is 1.90 bits per heavy atom. The Hall–Kier alpha value is 0.00494. The molecular formula is C7H9BClP. The summed E-state index contributed by atoms with van der Waals surface area (Å²) in [5.74, 6) is 0. The van der Waals surface area contributed by atoms with E-state index in [0.717, 1.165) is 0 Å². The quantitative estimate of drug-likeness (QED) is 0.472. The Bertz CT molecular complexity index is 190. The van der Waals surface area contributed by atoms with Gasteiger partial charge in [-0.1, -0.05) is 50.4 Å². The maximum atomic E-state index is 5.71. The Morgan fingerprint density at radius 1 is 1.30 bits per heavy atom. The van der Waals surface area contributed by atoms with Gasteiger partial charge in [0.25, 0.3) is 0 Å². The molecule has 0 radical (unpaired) electrons. The zero-order chi connectivity index (χ0) is 7.40. The third-order valence-electron chi connectivity index (χ3n) is 1.46. The van der Waals surface area contributed by atoms with Crippen molar-refractivity contribution in [2.45, 2.75) is 6.82 Å². The minimum Gasteiger partial charge on any atom is -0.110 e. The molecule has 0 aliphatic rings. The van der Waals surface area contributed by atoms with Gasteiger partial charge in [0.05, 0.1) is 0 Å². The van der Waals surface area contributed by atoms with Crippen LogP contribution in [0, 0.1) is 0 Å². The van der Waals surface area contributed by atoms with E-state index >= 15 is 0 Å². The molecule has 52 valence electrons. The van der Waals surface area contributed by atoms with Gasteiger partial charge >= 0.3 is 0 Å². The fourth-order valence-corrected chi connectivity index (χ4v) is 1.50. The van der Waals surface area contributed by atoms with E-state index in [0.29, 0.717) is 14.2 Å². The molecule has 0 aliphatic carbocycles. The number of hydrogen-bond acceptors (Lipinski definition) is 0. The first-order chi connectivity index (χ1) is 4.84. The van der Waals surface area contributed by atoms with Crippen LogP contribution in [0.4, 0.5) is 0 Å². The topological polar surface area (TPSA) is 0 Å². The van der Waals surface area contributed by atoms with Crippen LogP contribution >= 0.6 is 19.1 Å². The van der Waals surface area contributed by atoms with Gasteiger partial charge in [-0.25, -0.2) is 0 Å². The third-order valence-corrected chi connectivity index (χ3v) is 3.11. The molecule has 0 saturated carbocycles. The lowest BCUT2D eigenvalue weighted by Crippen LogP contribution is -2.19. The van der Waals surface area contributed by atoms with Gasteiger partial charge < -0.3 is 0 Å². The first-order valence-corrected chi connectivity index (χ1v) is 5.34. The second kappa shape index (κ2) is 4.00. The van der Waals surface area contributed by atoms with Gasteiger partial charge in [0.1, 0.15) is 0 Å². The van der Waals surface area contributed by atoms with Gasteiger partial charge in [-0.15, -0.1) is 11.2 Å². The summed E-state index contributed by atoms with van der Waals surface area (Å²) in [4.78, 5) is 0. The summed E-state index contributed by atoms with van der Waals surface area (Å²) in [5, 5.41) is 0. The van der Waals surface area contributed by atoms with E-state index in [4.69, 9.17) is 11.2 Å². The molecule has 1 rings (SSSR count). The Labute approximate surface area is 68.6 Å². The van der Waals surface area contributed by atoms with Gasteiger partial charge in [-0.2, -0.15) is 0 Å². The van der Waals surface area contributed by atoms with Crippen molar-refractivity contribution in [2.75, 3.05) is 0 Å². The van der Waals surface area contributed by atoms with Crippen LogP contribution in [0.3, 0.4) is 0 Å². The second-order valence-corrected chi connectivity index (χ2v) is 3.98. The number of benzene rings is 1. The lowest BCUT2D eigenvalue weighted by atomic mass is 9.71. The molecule has 0 saturated heterocycles. The van der Waals surface area contributed by atoms with E-state index in [1.165, 1.54) is 5.46 Å². The maximum absolute atomic E-state index is 5.71. The van der Waals surface area contributed by atoms with Crippen LogP contribution in [-0.2, 0) is 0 Å². The molecule has 0 N–H and O–H groups in total. The SMILES string of the molecule is CB(PCl)c1ccccc1. The highest BCUT2D eigenvalue weighted by atomic mass is 35.7. The molecule has 1 atom stereocenters. The van der Waals surface area contributed by atoms with Gasteiger partial charge in [-0.3, -0.25) is 0 Å². The van der Waals surface area contributed by atoms with Gasteiger partial charge in [0, 0.05) is 0 Å². The Kier molecular flexibility index (Phi) is 3.25. The molecule has 3 heteroatoms. The van der Waals surface area contributed by atoms with Crippen LogP contribution in [0.25, 0.3) is 0 Å². The predicted molar refractivity (Wildman–Crippen MR) is 51.9 cm³/mol. The van der Waals surface area contributed by atoms with Crippen molar-refractivity contribution in [3.63, 3.8) is 0 Å². The second-order valence-electron chi connectivity index (χ2n) is 2.24. The Morgan fingerprint density at radius 3 is 2.40 bits per heavy atom. The van der Waals surface area contributed by atoms with Crippen LogP contribution in [-0.4, -0.2) is 6.43 Å². The smallest absolute Gasteiger partial charge is 0.110 e. The number of hydrogen-bond donors (Lipinski definition) is 0. The highest BCUT2D eigenvalue weighted by Crippen LogP contribution is 2.19. The highest BCUT2D eigenvalue weighted by molar-refractivity contribution is 7.97. The molecule has 1 aromatic carbocycles. The van der Waals surface area contributed by atoms with Crippen molar-refractivity contribution in [1.82, 2.24) is 0 Å². The van der Waals surface area contributed by atoms with E-state index < -0.39 is 0 Å². The summed E-state index contributed by atoms with van der Waals surface area (Å²) in [6.07, 6.45) is 0.503. The van der Waals surface area contributed by atoms with E-state index in [9.17, 15) is 0 Å². The minimum absolute atomic E-state index is 0.481. The molecule has 0 aliphatic heterocycles. The normalized spacial score (nSPS) is 10.6. The molecule has 10 heavy (non-hydrogen) atoms. The van der Waals surface area contributed by atoms with Crippen molar-refractivity contribution in [1.29, 1.82) is 0 Å². The third kappa shape index (κ3) is 2.00. The first-order valence-electron chi connectivity index (χ1n) is 3.25. The molecule has 0 spiro atoms. The van der Waals surface area contributed by atoms with Crippen LogP contribution in [0.5, 0.6) is 0 Å². The zero-order valence-corrected chi connectivity index (χ0v) is 7.60. The standard InChI is InChI=1S/C7H9BClP/c1-8(10-9)7-5-3-2-4-6-7/h2-6,10H,1H3. The van der Waals surface area contributed by atoms with E-state index in [1.807, 2.05) is 18.2 Å². The summed E-state index contributed by atoms with van der Waals surface area (Å²) >= 11 is 5.71. The van der Waals surface area contributed by atoms with E-state index in [-0.39, 0.29) is 0 Å². The zero-order valence-electron chi connectivity index (χ0n) is 5.84. The van der Waals surface area contributed by atoms with Crippen LogP contribution in [0.15, 0.2) is 30.3 Å². The molecule has 0 fully saturated rings. The molecule has 0 amide bonds. The van der Waals surface area contributed by atoms with E-state index in [1.54, 1.807) is 0 Å². The molecule has 1 unspecified atom stereocenters. The van der Waals surface area contributed by atoms with Crippen molar-refractivity contribution in [2.24, 2.45) is 0 Å². The summed E-state index contributed by atoms with van der Waals surface area (Å²) in [7, 11) is 0.481. The van der Waals surface area contributed by atoms with Crippen molar-refractivity contribution in [3.8, 4) is 0 Å². The largest absolute Gasteiger partial charge is 0.216 e. The maximum Gasteiger partial charge on any atom is 0.216 e. The molecule has 1 aromatic rings. The summed E-state index contributed by atoms with van der Waals surface area (Å²) in [6.45, 7) is 2.14. The first kappa shape index (κ1) is 8.10. The average molecular weight is 170 g/mol. The summed E-state index contributed by atoms with van der Waals surface area (Å²) in [5.41, 5.74) is 1.33. The minimum atomic E-state index is 0.481. The van der Waals surface area contributed by atoms with Crippen molar-refractivity contribution >= 4 is 30.9 Å². The average Bonchev–Trinajstić information content (AvgIpc) is 2.05. The fourth-order valence-electron chi connectivity index (χ4n) is 0.805. The summed E-state index contributed by atoms with van der Waals surface area (Å²) in [6, 6.07) is 10.3. The lowest BCUT2D eigenvalue weighted by molar-refractivity contribution is 1.76. The lowest BCUT2D eigenvalue weighted by Gasteiger charge is -2.01. The highest BCUT2D eigenvalue weighted by Gasteiger charge is 2.05. The van der Waals surface area contributed by atoms with E-state index in [2.05, 4.69) is 19.0 Å². The summed E-state index contributed by atoms with van der Waals surface area (Å²) < 4.78 is 0.